The minimum atomic E-state index is -5.08. The second-order valence-corrected chi connectivity index (χ2v) is 8.95. The van der Waals surface area contributed by atoms with Crippen molar-refractivity contribution in [1.29, 1.82) is 0 Å². The van der Waals surface area contributed by atoms with Gasteiger partial charge in [0, 0.05) is 31.3 Å². The molecule has 11 nitrogen and oxygen atoms in total. The molecule has 0 saturated heterocycles. The lowest BCUT2D eigenvalue weighted by molar-refractivity contribution is -0.140. The summed E-state index contributed by atoms with van der Waals surface area (Å²) in [4.78, 5) is 28.0. The van der Waals surface area contributed by atoms with Gasteiger partial charge >= 0.3 is 6.18 Å². The van der Waals surface area contributed by atoms with E-state index in [0.717, 1.165) is 18.5 Å². The zero-order valence-corrected chi connectivity index (χ0v) is 20.1. The molecule has 0 saturated carbocycles. The normalized spacial score (nSPS) is 12.0. The van der Waals surface area contributed by atoms with Crippen LogP contribution in [0.4, 0.5) is 29.3 Å². The highest BCUT2D eigenvalue weighted by Gasteiger charge is 2.38. The number of amides is 1. The molecule has 0 aliphatic rings. The van der Waals surface area contributed by atoms with Crippen molar-refractivity contribution in [2.45, 2.75) is 38.9 Å². The largest absolute Gasteiger partial charge is 0.419 e. The Bertz CT molecular complexity index is 1440. The van der Waals surface area contributed by atoms with Crippen LogP contribution >= 0.6 is 0 Å². The van der Waals surface area contributed by atoms with E-state index in [9.17, 15) is 18.0 Å². The standard InChI is InChI=1S/C22H21F4N9O2/c1-21(2,3)19-31-17(34-37-19)18(36)27-9-11-5-6-12(15(23)14(11)22(24,25)26)16-28-10-29-20(32-16)30-13-7-8-35(4)33-13/h5-8,10H,9H2,1-4H3,(H,27,36)(H,28,29,30,32,33). The molecule has 0 atom stereocenters. The molecule has 1 aromatic carbocycles. The van der Waals surface area contributed by atoms with Crippen LogP contribution in [0, 0.1) is 5.82 Å². The van der Waals surface area contributed by atoms with Gasteiger partial charge in [-0.05, 0) is 11.6 Å². The lowest BCUT2D eigenvalue weighted by Crippen LogP contribution is -2.26. The minimum absolute atomic E-state index is 0.0391. The van der Waals surface area contributed by atoms with Crippen molar-refractivity contribution in [3.63, 3.8) is 0 Å². The Morgan fingerprint density at radius 2 is 1.86 bits per heavy atom. The quantitative estimate of drug-likeness (QED) is 0.365. The van der Waals surface area contributed by atoms with Crippen LogP contribution in [-0.4, -0.2) is 40.8 Å². The van der Waals surface area contributed by atoms with Gasteiger partial charge < -0.3 is 15.2 Å². The van der Waals surface area contributed by atoms with Gasteiger partial charge in [-0.3, -0.25) is 9.48 Å². The summed E-state index contributed by atoms with van der Waals surface area (Å²) in [6.45, 7) is 4.71. The smallest absolute Gasteiger partial charge is 0.345 e. The maximum atomic E-state index is 15.2. The summed E-state index contributed by atoms with van der Waals surface area (Å²) in [6, 6.07) is 3.75. The van der Waals surface area contributed by atoms with Gasteiger partial charge in [0.05, 0.1) is 11.1 Å². The molecular formula is C22H21F4N9O2. The van der Waals surface area contributed by atoms with Crippen LogP contribution in [0.25, 0.3) is 11.4 Å². The second kappa shape index (κ2) is 9.55. The molecule has 3 heterocycles. The number of carbonyl (C=O) groups is 1. The van der Waals surface area contributed by atoms with E-state index in [0.29, 0.717) is 5.82 Å². The number of benzene rings is 1. The van der Waals surface area contributed by atoms with Gasteiger partial charge in [0.15, 0.2) is 11.6 Å². The van der Waals surface area contributed by atoms with Crippen molar-refractivity contribution in [2.75, 3.05) is 5.32 Å². The summed E-state index contributed by atoms with van der Waals surface area (Å²) in [5, 5.41) is 12.7. The maximum absolute atomic E-state index is 15.2. The summed E-state index contributed by atoms with van der Waals surface area (Å²) in [7, 11) is 1.69. The average Bonchev–Trinajstić information content (AvgIpc) is 3.46. The van der Waals surface area contributed by atoms with Crippen LogP contribution in [0.3, 0.4) is 0 Å². The van der Waals surface area contributed by atoms with E-state index < -0.39 is 46.6 Å². The zero-order chi connectivity index (χ0) is 27.0. The van der Waals surface area contributed by atoms with Gasteiger partial charge in [0.25, 0.3) is 11.7 Å². The first-order valence-electron chi connectivity index (χ1n) is 10.8. The van der Waals surface area contributed by atoms with Gasteiger partial charge in [0.1, 0.15) is 12.1 Å². The molecule has 3 aromatic heterocycles. The fourth-order valence-corrected chi connectivity index (χ4v) is 3.20. The van der Waals surface area contributed by atoms with E-state index in [1.807, 2.05) is 0 Å². The molecule has 0 spiro atoms. The first kappa shape index (κ1) is 25.7. The van der Waals surface area contributed by atoms with Crippen molar-refractivity contribution in [1.82, 2.24) is 40.2 Å². The van der Waals surface area contributed by atoms with Gasteiger partial charge in [0.2, 0.25) is 11.8 Å². The third-order valence-corrected chi connectivity index (χ3v) is 4.99. The third-order valence-electron chi connectivity index (χ3n) is 4.99. The summed E-state index contributed by atoms with van der Waals surface area (Å²) < 4.78 is 63.4. The topological polar surface area (TPSA) is 137 Å². The van der Waals surface area contributed by atoms with Gasteiger partial charge in [-0.2, -0.15) is 28.2 Å². The number of rotatable bonds is 6. The maximum Gasteiger partial charge on any atom is 0.419 e. The molecule has 0 radical (unpaired) electrons. The Kier molecular flexibility index (Phi) is 6.62. The molecule has 4 aromatic rings. The number of halogens is 4. The van der Waals surface area contributed by atoms with Crippen molar-refractivity contribution in [2.24, 2.45) is 7.05 Å². The molecule has 37 heavy (non-hydrogen) atoms. The van der Waals surface area contributed by atoms with Crippen molar-refractivity contribution >= 4 is 17.7 Å². The molecule has 0 unspecified atom stereocenters. The van der Waals surface area contributed by atoms with Crippen molar-refractivity contribution < 1.29 is 26.9 Å². The molecule has 0 aliphatic carbocycles. The molecule has 15 heteroatoms. The lowest BCUT2D eigenvalue weighted by Gasteiger charge is -2.16. The molecule has 0 aliphatic heterocycles. The summed E-state index contributed by atoms with van der Waals surface area (Å²) >= 11 is 0. The number of nitrogens with one attached hydrogen (secondary N) is 2. The van der Waals surface area contributed by atoms with E-state index in [2.05, 4.69) is 40.8 Å². The fraction of sp³-hybridized carbons (Fsp3) is 0.318. The molecule has 1 amide bonds. The van der Waals surface area contributed by atoms with Gasteiger partial charge in [-0.15, -0.1) is 0 Å². The molecule has 2 N–H and O–H groups in total. The van der Waals surface area contributed by atoms with Crippen LogP contribution in [0.5, 0.6) is 0 Å². The van der Waals surface area contributed by atoms with Crippen LogP contribution in [0.2, 0.25) is 0 Å². The number of carbonyl (C=O) groups excluding carboxylic acids is 1. The SMILES string of the molecule is Cn1ccc(Nc2ncnc(-c3ccc(CNC(=O)c4noc(C(C)(C)C)n4)c(C(F)(F)F)c3F)n2)n1. The van der Waals surface area contributed by atoms with Crippen LogP contribution in [0.1, 0.15) is 48.4 Å². The number of aryl methyl sites for hydroxylation is 1. The number of hydrogen-bond acceptors (Lipinski definition) is 9. The number of alkyl halides is 3. The number of nitrogens with zero attached hydrogens (tertiary/aromatic N) is 7. The highest BCUT2D eigenvalue weighted by molar-refractivity contribution is 5.90. The summed E-state index contributed by atoms with van der Waals surface area (Å²) in [5.41, 5.74) is -3.10. The van der Waals surface area contributed by atoms with E-state index in [-0.39, 0.29) is 23.5 Å². The predicted octanol–water partition coefficient (Wildman–Crippen LogP) is 3.78. The summed E-state index contributed by atoms with van der Waals surface area (Å²) in [6.07, 6.45) is -2.39. The Morgan fingerprint density at radius 1 is 1.11 bits per heavy atom. The first-order valence-corrected chi connectivity index (χ1v) is 10.8. The Labute approximate surface area is 207 Å². The highest BCUT2D eigenvalue weighted by atomic mass is 19.4. The van der Waals surface area contributed by atoms with Crippen LogP contribution in [0.15, 0.2) is 35.2 Å². The number of anilines is 2. The molecule has 4 rings (SSSR count). The van der Waals surface area contributed by atoms with E-state index in [4.69, 9.17) is 4.52 Å². The fourth-order valence-electron chi connectivity index (χ4n) is 3.20. The van der Waals surface area contributed by atoms with Crippen molar-refractivity contribution in [3.05, 3.63) is 59.4 Å². The predicted molar refractivity (Wildman–Crippen MR) is 121 cm³/mol. The van der Waals surface area contributed by atoms with Crippen LogP contribution in [-0.2, 0) is 25.2 Å². The number of hydrogen-bond donors (Lipinski definition) is 2. The third kappa shape index (κ3) is 5.70. The Balaban J connectivity index is 1.60. The average molecular weight is 519 g/mol. The minimum Gasteiger partial charge on any atom is -0.345 e. The monoisotopic (exact) mass is 519 g/mol. The van der Waals surface area contributed by atoms with E-state index in [1.54, 1.807) is 40.1 Å². The van der Waals surface area contributed by atoms with Crippen LogP contribution < -0.4 is 10.6 Å². The lowest BCUT2D eigenvalue weighted by atomic mass is 9.97. The second-order valence-electron chi connectivity index (χ2n) is 8.95. The zero-order valence-electron chi connectivity index (χ0n) is 20.1. The van der Waals surface area contributed by atoms with Gasteiger partial charge in [-0.25, -0.2) is 14.4 Å². The Morgan fingerprint density at radius 3 is 2.49 bits per heavy atom. The molecule has 194 valence electrons. The van der Waals surface area contributed by atoms with Crippen molar-refractivity contribution in [3.8, 4) is 11.4 Å². The van der Waals surface area contributed by atoms with E-state index in [1.165, 1.54) is 4.68 Å². The first-order chi connectivity index (χ1) is 17.3. The number of aromatic nitrogens is 7. The highest BCUT2D eigenvalue weighted by Crippen LogP contribution is 2.37. The molecular weight excluding hydrogens is 498 g/mol. The summed E-state index contributed by atoms with van der Waals surface area (Å²) in [5.74, 6) is -2.63. The molecule has 0 bridgehead atoms. The molecule has 0 fully saturated rings. The van der Waals surface area contributed by atoms with Gasteiger partial charge in [-0.1, -0.05) is 32.0 Å². The Hall–Kier alpha value is -4.43. The van der Waals surface area contributed by atoms with E-state index >= 15 is 4.39 Å².